The van der Waals surface area contributed by atoms with Crippen LogP contribution in [0, 0.1) is 15.9 Å². The lowest BCUT2D eigenvalue weighted by molar-refractivity contribution is -0.384. The summed E-state index contributed by atoms with van der Waals surface area (Å²) in [6.07, 6.45) is 1.98. The number of carbonyl (C=O) groups is 1. The maximum absolute atomic E-state index is 13.2. The van der Waals surface area contributed by atoms with E-state index in [1.165, 1.54) is 6.07 Å². The van der Waals surface area contributed by atoms with Crippen molar-refractivity contribution >= 4 is 28.9 Å². The van der Waals surface area contributed by atoms with E-state index in [-0.39, 0.29) is 22.8 Å². The zero-order valence-corrected chi connectivity index (χ0v) is 11.3. The maximum Gasteiger partial charge on any atom is 0.303 e. The highest BCUT2D eigenvalue weighted by molar-refractivity contribution is 6.31. The second kappa shape index (κ2) is 7.64. The van der Waals surface area contributed by atoms with Gasteiger partial charge in [0.25, 0.3) is 5.69 Å². The number of anilines is 1. The van der Waals surface area contributed by atoms with E-state index in [0.717, 1.165) is 6.07 Å². The van der Waals surface area contributed by atoms with Crippen molar-refractivity contribution in [2.45, 2.75) is 25.7 Å². The minimum Gasteiger partial charge on any atom is -0.481 e. The van der Waals surface area contributed by atoms with Crippen LogP contribution < -0.4 is 5.32 Å². The molecule has 0 radical (unpaired) electrons. The van der Waals surface area contributed by atoms with Crippen molar-refractivity contribution in [2.24, 2.45) is 0 Å². The molecule has 2 N–H and O–H groups in total. The number of carboxylic acids is 1. The lowest BCUT2D eigenvalue weighted by Gasteiger charge is -2.07. The van der Waals surface area contributed by atoms with Crippen molar-refractivity contribution in [3.8, 4) is 0 Å². The van der Waals surface area contributed by atoms with Crippen LogP contribution in [0.1, 0.15) is 25.7 Å². The average molecular weight is 305 g/mol. The molecule has 0 spiro atoms. The van der Waals surface area contributed by atoms with Crippen LogP contribution in [0.4, 0.5) is 15.8 Å². The van der Waals surface area contributed by atoms with Gasteiger partial charge in [0.05, 0.1) is 16.0 Å². The summed E-state index contributed by atoms with van der Waals surface area (Å²) in [5.41, 5.74) is -0.225. The van der Waals surface area contributed by atoms with Crippen LogP contribution in [-0.2, 0) is 4.79 Å². The van der Waals surface area contributed by atoms with Gasteiger partial charge in [-0.25, -0.2) is 4.39 Å². The number of nitrogens with one attached hydrogen (secondary N) is 1. The Balaban J connectivity index is 2.53. The number of hydrogen-bond donors (Lipinski definition) is 2. The minimum atomic E-state index is -0.848. The van der Waals surface area contributed by atoms with Gasteiger partial charge in [-0.3, -0.25) is 14.9 Å². The number of hydrogen-bond acceptors (Lipinski definition) is 4. The van der Waals surface area contributed by atoms with Gasteiger partial charge in [-0.2, -0.15) is 0 Å². The van der Waals surface area contributed by atoms with Gasteiger partial charge >= 0.3 is 5.97 Å². The van der Waals surface area contributed by atoms with Crippen LogP contribution in [0.5, 0.6) is 0 Å². The van der Waals surface area contributed by atoms with E-state index in [2.05, 4.69) is 5.32 Å². The maximum atomic E-state index is 13.2. The lowest BCUT2D eigenvalue weighted by Crippen LogP contribution is -2.05. The fourth-order valence-corrected chi connectivity index (χ4v) is 1.79. The standard InChI is InChI=1S/C12H14ClFN2O4/c13-8-6-10(11(16(19)20)7-9(8)14)15-5-3-1-2-4-12(17)18/h6-7,15H,1-5H2,(H,17,18). The molecule has 0 heterocycles. The lowest BCUT2D eigenvalue weighted by atomic mass is 10.2. The molecule has 0 saturated heterocycles. The van der Waals surface area contributed by atoms with Gasteiger partial charge in [-0.05, 0) is 18.9 Å². The molecule has 6 nitrogen and oxygen atoms in total. The normalized spacial score (nSPS) is 10.3. The number of unbranched alkanes of at least 4 members (excludes halogenated alkanes) is 2. The highest BCUT2D eigenvalue weighted by Gasteiger charge is 2.17. The van der Waals surface area contributed by atoms with Crippen molar-refractivity contribution < 1.29 is 19.2 Å². The number of rotatable bonds is 8. The molecular weight excluding hydrogens is 291 g/mol. The summed E-state index contributed by atoms with van der Waals surface area (Å²) >= 11 is 5.58. The Hall–Kier alpha value is -1.89. The third kappa shape index (κ3) is 5.00. The Bertz CT molecular complexity index is 510. The van der Waals surface area contributed by atoms with Gasteiger partial charge in [0.15, 0.2) is 0 Å². The van der Waals surface area contributed by atoms with Crippen molar-refractivity contribution in [3.63, 3.8) is 0 Å². The third-order valence-electron chi connectivity index (χ3n) is 2.62. The molecule has 0 aromatic heterocycles. The molecule has 0 aliphatic rings. The topological polar surface area (TPSA) is 92.5 Å². The van der Waals surface area contributed by atoms with E-state index in [1.54, 1.807) is 0 Å². The van der Waals surface area contributed by atoms with Gasteiger partial charge in [0, 0.05) is 13.0 Å². The average Bonchev–Trinajstić information content (AvgIpc) is 2.36. The fraction of sp³-hybridized carbons (Fsp3) is 0.417. The Morgan fingerprint density at radius 2 is 2.10 bits per heavy atom. The first-order chi connectivity index (χ1) is 9.41. The van der Waals surface area contributed by atoms with E-state index in [1.807, 2.05) is 0 Å². The first kappa shape index (κ1) is 16.2. The van der Waals surface area contributed by atoms with Gasteiger partial charge in [-0.15, -0.1) is 0 Å². The van der Waals surface area contributed by atoms with E-state index in [9.17, 15) is 19.3 Å². The highest BCUT2D eigenvalue weighted by atomic mass is 35.5. The highest BCUT2D eigenvalue weighted by Crippen LogP contribution is 2.30. The predicted octanol–water partition coefficient (Wildman–Crippen LogP) is 3.44. The van der Waals surface area contributed by atoms with E-state index in [0.29, 0.717) is 25.8 Å². The molecular formula is C12H14ClFN2O4. The summed E-state index contributed by atoms with van der Waals surface area (Å²) < 4.78 is 13.2. The van der Waals surface area contributed by atoms with Crippen LogP contribution in [0.3, 0.4) is 0 Å². The summed E-state index contributed by atoms with van der Waals surface area (Å²) in [6, 6.07) is 1.95. The molecule has 0 bridgehead atoms. The number of halogens is 2. The van der Waals surface area contributed by atoms with Crippen molar-refractivity contribution in [2.75, 3.05) is 11.9 Å². The zero-order valence-electron chi connectivity index (χ0n) is 10.6. The summed E-state index contributed by atoms with van der Waals surface area (Å²) in [6.45, 7) is 0.419. The van der Waals surface area contributed by atoms with Gasteiger partial charge in [-0.1, -0.05) is 18.0 Å². The minimum absolute atomic E-state index is 0.0997. The molecule has 1 rings (SSSR count). The van der Waals surface area contributed by atoms with E-state index < -0.39 is 16.7 Å². The molecule has 20 heavy (non-hydrogen) atoms. The van der Waals surface area contributed by atoms with E-state index >= 15 is 0 Å². The summed E-state index contributed by atoms with van der Waals surface area (Å²) in [4.78, 5) is 20.4. The van der Waals surface area contributed by atoms with Gasteiger partial charge in [0.2, 0.25) is 0 Å². The fourth-order valence-electron chi connectivity index (χ4n) is 1.63. The van der Waals surface area contributed by atoms with Crippen molar-refractivity contribution in [1.29, 1.82) is 0 Å². The first-order valence-electron chi connectivity index (χ1n) is 6.01. The molecule has 0 atom stereocenters. The Morgan fingerprint density at radius 1 is 1.40 bits per heavy atom. The van der Waals surface area contributed by atoms with Gasteiger partial charge in [0.1, 0.15) is 11.5 Å². The van der Waals surface area contributed by atoms with Crippen LogP contribution in [0.2, 0.25) is 5.02 Å². The van der Waals surface area contributed by atoms with Crippen LogP contribution >= 0.6 is 11.6 Å². The molecule has 0 saturated carbocycles. The number of nitro benzene ring substituents is 1. The number of nitro groups is 1. The first-order valence-corrected chi connectivity index (χ1v) is 6.38. The molecule has 0 fully saturated rings. The summed E-state index contributed by atoms with van der Waals surface area (Å²) in [5, 5.41) is 21.9. The Morgan fingerprint density at radius 3 is 2.70 bits per heavy atom. The molecule has 1 aromatic rings. The zero-order chi connectivity index (χ0) is 15.1. The molecule has 110 valence electrons. The SMILES string of the molecule is O=C(O)CCCCCNc1cc(Cl)c(F)cc1[N+](=O)[O-]. The largest absolute Gasteiger partial charge is 0.481 e. The summed E-state index contributed by atoms with van der Waals surface area (Å²) in [7, 11) is 0. The number of nitrogens with zero attached hydrogens (tertiary/aromatic N) is 1. The second-order valence-corrected chi connectivity index (χ2v) is 4.58. The Kier molecular flexibility index (Phi) is 6.17. The number of carboxylic acid groups (broad SMARTS) is 1. The van der Waals surface area contributed by atoms with Crippen LogP contribution in [0.25, 0.3) is 0 Å². The second-order valence-electron chi connectivity index (χ2n) is 4.17. The third-order valence-corrected chi connectivity index (χ3v) is 2.91. The van der Waals surface area contributed by atoms with Crippen molar-refractivity contribution in [3.05, 3.63) is 33.1 Å². The molecule has 0 unspecified atom stereocenters. The number of aliphatic carboxylic acids is 1. The smallest absolute Gasteiger partial charge is 0.303 e. The molecule has 0 aliphatic carbocycles. The molecule has 0 aliphatic heterocycles. The predicted molar refractivity (Wildman–Crippen MR) is 72.7 cm³/mol. The van der Waals surface area contributed by atoms with Crippen molar-refractivity contribution in [1.82, 2.24) is 0 Å². The number of benzene rings is 1. The quantitative estimate of drug-likeness (QED) is 0.436. The molecule has 8 heteroatoms. The molecule has 1 aromatic carbocycles. The summed E-state index contributed by atoms with van der Waals surface area (Å²) in [5.74, 6) is -1.69. The Labute approximate surface area is 119 Å². The monoisotopic (exact) mass is 304 g/mol. The van der Waals surface area contributed by atoms with Crippen LogP contribution in [0.15, 0.2) is 12.1 Å². The van der Waals surface area contributed by atoms with Gasteiger partial charge < -0.3 is 10.4 Å². The van der Waals surface area contributed by atoms with E-state index in [4.69, 9.17) is 16.7 Å². The molecule has 0 amide bonds. The van der Waals surface area contributed by atoms with Crippen LogP contribution in [-0.4, -0.2) is 22.5 Å².